The van der Waals surface area contributed by atoms with E-state index in [1.54, 1.807) is 6.33 Å². The second-order valence-electron chi connectivity index (χ2n) is 8.98. The normalized spacial score (nSPS) is 25.1. The zero-order valence-corrected chi connectivity index (χ0v) is 19.9. The van der Waals surface area contributed by atoms with E-state index in [2.05, 4.69) is 32.2 Å². The minimum atomic E-state index is -0.625. The molecule has 182 valence electrons. The van der Waals surface area contributed by atoms with Crippen LogP contribution in [0.2, 0.25) is 0 Å². The van der Waals surface area contributed by atoms with E-state index in [4.69, 9.17) is 9.84 Å². The maximum atomic E-state index is 11.8. The maximum Gasteiger partial charge on any atom is 0.308 e. The van der Waals surface area contributed by atoms with Crippen LogP contribution in [-0.4, -0.2) is 64.8 Å². The van der Waals surface area contributed by atoms with Gasteiger partial charge in [-0.05, 0) is 71.4 Å². The van der Waals surface area contributed by atoms with Gasteiger partial charge in [-0.1, -0.05) is 0 Å². The molecule has 2 fully saturated rings. The lowest BCUT2D eigenvalue weighted by Gasteiger charge is -2.34. The highest BCUT2D eigenvalue weighted by molar-refractivity contribution is 5.87. The van der Waals surface area contributed by atoms with Gasteiger partial charge in [0, 0.05) is 25.3 Å². The van der Waals surface area contributed by atoms with Gasteiger partial charge >= 0.3 is 11.9 Å². The number of aromatic nitrogens is 3. The van der Waals surface area contributed by atoms with Crippen molar-refractivity contribution >= 4 is 28.8 Å². The maximum absolute atomic E-state index is 11.8. The second-order valence-corrected chi connectivity index (χ2v) is 8.98. The number of esters is 1. The van der Waals surface area contributed by atoms with Gasteiger partial charge in [-0.25, -0.2) is 9.97 Å². The molecule has 2 aliphatic rings. The predicted molar refractivity (Wildman–Crippen MR) is 127 cm³/mol. The third kappa shape index (κ3) is 6.43. The summed E-state index contributed by atoms with van der Waals surface area (Å²) in [6.45, 7) is 2.32. The third-order valence-corrected chi connectivity index (χ3v) is 7.02. The van der Waals surface area contributed by atoms with Crippen LogP contribution in [0.5, 0.6) is 0 Å². The molecule has 0 aliphatic heterocycles. The molecular formula is C24H37N5O4. The number of hydrogen-bond acceptors (Lipinski definition) is 7. The molecule has 2 heterocycles. The number of fused-ring (bicyclic) bond motifs is 1. The largest absolute Gasteiger partial charge is 0.481 e. The lowest BCUT2D eigenvalue weighted by Crippen LogP contribution is -2.37. The molecular weight excluding hydrogens is 422 g/mol. The van der Waals surface area contributed by atoms with Crippen molar-refractivity contribution in [3.05, 3.63) is 18.6 Å². The first-order valence-electron chi connectivity index (χ1n) is 12.0. The number of H-pyrrole nitrogens is 1. The summed E-state index contributed by atoms with van der Waals surface area (Å²) in [5.74, 6) is 0.255. The van der Waals surface area contributed by atoms with Crippen molar-refractivity contribution in [3.8, 4) is 0 Å². The van der Waals surface area contributed by atoms with E-state index in [9.17, 15) is 9.59 Å². The Morgan fingerprint density at radius 3 is 2.39 bits per heavy atom. The van der Waals surface area contributed by atoms with Gasteiger partial charge in [0.25, 0.3) is 0 Å². The van der Waals surface area contributed by atoms with Crippen molar-refractivity contribution in [2.75, 3.05) is 25.6 Å². The molecule has 2 aliphatic carbocycles. The van der Waals surface area contributed by atoms with Crippen molar-refractivity contribution in [1.82, 2.24) is 20.3 Å². The van der Waals surface area contributed by atoms with Gasteiger partial charge in [0.15, 0.2) is 0 Å². The Morgan fingerprint density at radius 2 is 1.79 bits per heavy atom. The topological polar surface area (TPSA) is 120 Å². The number of aromatic amines is 1. The van der Waals surface area contributed by atoms with E-state index in [0.29, 0.717) is 18.7 Å². The summed E-state index contributed by atoms with van der Waals surface area (Å²) in [7, 11) is 4.01. The second kappa shape index (κ2) is 12.0. The van der Waals surface area contributed by atoms with Crippen molar-refractivity contribution < 1.29 is 19.4 Å². The summed E-state index contributed by atoms with van der Waals surface area (Å²) in [4.78, 5) is 36.4. The van der Waals surface area contributed by atoms with Gasteiger partial charge in [-0.2, -0.15) is 0 Å². The number of hydrogen-bond donors (Lipinski definition) is 3. The standard InChI is InChI=1S/C16H22N4O2.C8H15NO2/c1-3-22-16(21)11-4-6-12(7-5-11)20(2)15-13-8-9-17-14(13)18-10-19-15;1-9-7-4-2-6(3-5-7)8(10)11/h8-12H,3-7H2,1-2H3,(H,17,18,19);6-7,9H,2-5H2,1H3,(H,10,11). The van der Waals surface area contributed by atoms with E-state index in [-0.39, 0.29) is 17.8 Å². The number of carboxylic acid groups (broad SMARTS) is 1. The first-order valence-corrected chi connectivity index (χ1v) is 12.0. The van der Waals surface area contributed by atoms with Crippen molar-refractivity contribution in [2.45, 2.75) is 70.4 Å². The third-order valence-electron chi connectivity index (χ3n) is 7.02. The smallest absolute Gasteiger partial charge is 0.308 e. The highest BCUT2D eigenvalue weighted by Gasteiger charge is 2.30. The lowest BCUT2D eigenvalue weighted by molar-refractivity contribution is -0.149. The average molecular weight is 460 g/mol. The van der Waals surface area contributed by atoms with E-state index in [0.717, 1.165) is 68.2 Å². The minimum absolute atomic E-state index is 0.0429. The molecule has 33 heavy (non-hydrogen) atoms. The van der Waals surface area contributed by atoms with Gasteiger partial charge in [0.1, 0.15) is 17.8 Å². The molecule has 9 heteroatoms. The van der Waals surface area contributed by atoms with E-state index in [1.807, 2.05) is 26.2 Å². The molecule has 0 unspecified atom stereocenters. The molecule has 2 saturated carbocycles. The summed E-state index contributed by atoms with van der Waals surface area (Å²) in [6.07, 6.45) is 10.9. The molecule has 0 amide bonds. The predicted octanol–water partition coefficient (Wildman–Crippen LogP) is 3.37. The summed E-state index contributed by atoms with van der Waals surface area (Å²) >= 11 is 0. The van der Waals surface area contributed by atoms with Crippen LogP contribution in [0.15, 0.2) is 18.6 Å². The summed E-state index contributed by atoms with van der Waals surface area (Å²) in [5, 5.41) is 12.9. The quantitative estimate of drug-likeness (QED) is 0.563. The summed E-state index contributed by atoms with van der Waals surface area (Å²) in [5.41, 5.74) is 0.858. The van der Waals surface area contributed by atoms with E-state index >= 15 is 0 Å². The van der Waals surface area contributed by atoms with Crippen LogP contribution >= 0.6 is 0 Å². The highest BCUT2D eigenvalue weighted by atomic mass is 16.5. The van der Waals surface area contributed by atoms with Gasteiger partial charge in [0.2, 0.25) is 0 Å². The van der Waals surface area contributed by atoms with Crippen LogP contribution in [0, 0.1) is 11.8 Å². The summed E-state index contributed by atoms with van der Waals surface area (Å²) in [6, 6.07) is 2.95. The fourth-order valence-corrected chi connectivity index (χ4v) is 4.90. The Bertz CT molecular complexity index is 901. The zero-order chi connectivity index (χ0) is 23.8. The lowest BCUT2D eigenvalue weighted by atomic mass is 9.85. The molecule has 0 saturated heterocycles. The Labute approximate surface area is 195 Å². The zero-order valence-electron chi connectivity index (χ0n) is 19.9. The molecule has 9 nitrogen and oxygen atoms in total. The van der Waals surface area contributed by atoms with Crippen molar-refractivity contribution in [3.63, 3.8) is 0 Å². The molecule has 2 aromatic rings. The molecule has 3 N–H and O–H groups in total. The number of aliphatic carboxylic acids is 1. The van der Waals surface area contributed by atoms with Gasteiger partial charge in [0.05, 0.1) is 23.8 Å². The number of nitrogens with zero attached hydrogens (tertiary/aromatic N) is 3. The van der Waals surface area contributed by atoms with E-state index in [1.165, 1.54) is 0 Å². The van der Waals surface area contributed by atoms with Crippen LogP contribution in [0.25, 0.3) is 11.0 Å². The molecule has 0 spiro atoms. The molecule has 0 bridgehead atoms. The Morgan fingerprint density at radius 1 is 1.12 bits per heavy atom. The first kappa shape index (κ1) is 25.0. The van der Waals surface area contributed by atoms with Crippen LogP contribution < -0.4 is 10.2 Å². The number of ether oxygens (including phenoxy) is 1. The van der Waals surface area contributed by atoms with Crippen LogP contribution in [-0.2, 0) is 14.3 Å². The fourth-order valence-electron chi connectivity index (χ4n) is 4.90. The SMILES string of the molecule is CCOC(=O)C1CCC(N(C)c2ncnc3[nH]ccc23)CC1.CNC1CCC(C(=O)O)CC1. The van der Waals surface area contributed by atoms with E-state index < -0.39 is 5.97 Å². The van der Waals surface area contributed by atoms with Crippen molar-refractivity contribution in [1.29, 1.82) is 0 Å². The highest BCUT2D eigenvalue weighted by Crippen LogP contribution is 2.32. The summed E-state index contributed by atoms with van der Waals surface area (Å²) < 4.78 is 5.13. The Hall–Kier alpha value is -2.68. The number of carbonyl (C=O) groups excluding carboxylic acids is 1. The number of carbonyl (C=O) groups is 2. The van der Waals surface area contributed by atoms with Crippen LogP contribution in [0.3, 0.4) is 0 Å². The monoisotopic (exact) mass is 459 g/mol. The Kier molecular flexibility index (Phi) is 9.05. The van der Waals surface area contributed by atoms with Gasteiger partial charge in [-0.15, -0.1) is 0 Å². The number of anilines is 1. The molecule has 0 radical (unpaired) electrons. The molecule has 4 rings (SSSR count). The fraction of sp³-hybridized carbons (Fsp3) is 0.667. The minimum Gasteiger partial charge on any atom is -0.481 e. The number of carboxylic acids is 1. The van der Waals surface area contributed by atoms with Crippen molar-refractivity contribution in [2.24, 2.45) is 11.8 Å². The van der Waals surface area contributed by atoms with Gasteiger partial charge in [-0.3, -0.25) is 9.59 Å². The number of nitrogens with one attached hydrogen (secondary N) is 2. The number of rotatable bonds is 6. The molecule has 0 atom stereocenters. The molecule has 2 aromatic heterocycles. The van der Waals surface area contributed by atoms with Crippen LogP contribution in [0.4, 0.5) is 5.82 Å². The van der Waals surface area contributed by atoms with Crippen LogP contribution in [0.1, 0.15) is 58.3 Å². The average Bonchev–Trinajstić information content (AvgIpc) is 3.33. The first-order chi connectivity index (χ1) is 15.9. The van der Waals surface area contributed by atoms with Gasteiger partial charge < -0.3 is 25.0 Å². The Balaban J connectivity index is 0.000000235. The molecule has 0 aromatic carbocycles.